The van der Waals surface area contributed by atoms with Crippen LogP contribution in [0.2, 0.25) is 0 Å². The summed E-state index contributed by atoms with van der Waals surface area (Å²) in [6.45, 7) is 5.93. The van der Waals surface area contributed by atoms with Gasteiger partial charge in [0.15, 0.2) is 5.82 Å². The molecule has 1 aromatic heterocycles. The summed E-state index contributed by atoms with van der Waals surface area (Å²) in [4.78, 5) is 7.27. The van der Waals surface area contributed by atoms with Gasteiger partial charge in [0.2, 0.25) is 0 Å². The summed E-state index contributed by atoms with van der Waals surface area (Å²) in [7, 11) is 0. The Hall–Kier alpha value is -0.900. The third kappa shape index (κ3) is 2.58. The Labute approximate surface area is 109 Å². The summed E-state index contributed by atoms with van der Waals surface area (Å²) in [5, 5.41) is 4.70. The zero-order valence-corrected chi connectivity index (χ0v) is 11.4. The Kier molecular flexibility index (Phi) is 3.64. The van der Waals surface area contributed by atoms with Crippen molar-refractivity contribution in [2.75, 3.05) is 19.6 Å². The summed E-state index contributed by atoms with van der Waals surface area (Å²) in [5.41, 5.74) is 0. The predicted molar refractivity (Wildman–Crippen MR) is 71.7 cm³/mol. The van der Waals surface area contributed by atoms with Crippen molar-refractivity contribution in [2.45, 2.75) is 57.9 Å². The van der Waals surface area contributed by atoms with E-state index in [0.717, 1.165) is 25.2 Å². The summed E-state index contributed by atoms with van der Waals surface area (Å²) >= 11 is 0. The van der Waals surface area contributed by atoms with E-state index in [9.17, 15) is 0 Å². The number of hydrogen-bond acceptors (Lipinski definition) is 3. The second-order valence-electron chi connectivity index (χ2n) is 5.78. The van der Waals surface area contributed by atoms with Crippen molar-refractivity contribution in [1.29, 1.82) is 0 Å². The van der Waals surface area contributed by atoms with Crippen molar-refractivity contribution in [3.63, 3.8) is 0 Å². The number of aryl methyl sites for hydroxylation is 1. The van der Waals surface area contributed by atoms with Gasteiger partial charge in [0.1, 0.15) is 5.82 Å². The van der Waals surface area contributed by atoms with Crippen molar-refractivity contribution < 1.29 is 0 Å². The molecule has 0 N–H and O–H groups in total. The predicted octanol–water partition coefficient (Wildman–Crippen LogP) is 2.20. The van der Waals surface area contributed by atoms with E-state index in [-0.39, 0.29) is 0 Å². The minimum absolute atomic E-state index is 0.546. The quantitative estimate of drug-likeness (QED) is 0.822. The van der Waals surface area contributed by atoms with Crippen molar-refractivity contribution in [1.82, 2.24) is 19.7 Å². The molecular weight excluding hydrogens is 224 g/mol. The second-order valence-corrected chi connectivity index (χ2v) is 5.78. The Morgan fingerprint density at radius 3 is 2.78 bits per heavy atom. The van der Waals surface area contributed by atoms with E-state index < -0.39 is 0 Å². The molecule has 1 saturated heterocycles. The summed E-state index contributed by atoms with van der Waals surface area (Å²) < 4.78 is 2.16. The van der Waals surface area contributed by atoms with Crippen LogP contribution in [0.4, 0.5) is 0 Å². The number of fused-ring (bicyclic) bond motifs is 1. The van der Waals surface area contributed by atoms with Crippen molar-refractivity contribution in [2.24, 2.45) is 0 Å². The molecule has 3 heterocycles. The van der Waals surface area contributed by atoms with Crippen molar-refractivity contribution >= 4 is 0 Å². The Morgan fingerprint density at radius 2 is 2.00 bits per heavy atom. The molecule has 0 saturated carbocycles. The van der Waals surface area contributed by atoms with E-state index in [1.165, 1.54) is 51.0 Å². The minimum atomic E-state index is 0.546. The zero-order valence-electron chi connectivity index (χ0n) is 11.4. The Bertz CT molecular complexity index is 392. The third-order valence-electron chi connectivity index (χ3n) is 4.29. The molecule has 1 fully saturated rings. The highest BCUT2D eigenvalue weighted by Gasteiger charge is 2.20. The van der Waals surface area contributed by atoms with Crippen LogP contribution in [-0.2, 0) is 12.8 Å². The zero-order chi connectivity index (χ0) is 12.4. The lowest BCUT2D eigenvalue weighted by atomic mass is 10.1. The van der Waals surface area contributed by atoms with E-state index in [2.05, 4.69) is 16.5 Å². The molecular formula is C14H24N4. The van der Waals surface area contributed by atoms with Crippen molar-refractivity contribution in [3.05, 3.63) is 11.6 Å². The first kappa shape index (κ1) is 12.2. The fourth-order valence-corrected chi connectivity index (χ4v) is 3.15. The molecule has 2 aliphatic heterocycles. The van der Waals surface area contributed by atoms with Gasteiger partial charge in [0, 0.05) is 19.4 Å². The molecule has 0 bridgehead atoms. The first-order chi connectivity index (χ1) is 8.83. The fraction of sp³-hybridized carbons (Fsp3) is 0.857. The van der Waals surface area contributed by atoms with Gasteiger partial charge < -0.3 is 4.90 Å². The molecule has 18 heavy (non-hydrogen) atoms. The highest BCUT2D eigenvalue weighted by molar-refractivity contribution is 4.98. The van der Waals surface area contributed by atoms with Gasteiger partial charge in [-0.2, -0.15) is 5.10 Å². The molecule has 0 spiro atoms. The smallest absolute Gasteiger partial charge is 0.152 e. The van der Waals surface area contributed by atoms with Gasteiger partial charge >= 0.3 is 0 Å². The molecule has 2 aliphatic rings. The van der Waals surface area contributed by atoms with Crippen molar-refractivity contribution in [3.8, 4) is 0 Å². The Morgan fingerprint density at radius 1 is 1.17 bits per heavy atom. The number of rotatable bonds is 3. The van der Waals surface area contributed by atoms with Gasteiger partial charge in [0.05, 0.1) is 6.04 Å². The van der Waals surface area contributed by atoms with E-state index in [1.54, 1.807) is 0 Å². The van der Waals surface area contributed by atoms with Crippen LogP contribution in [0, 0.1) is 0 Å². The van der Waals surface area contributed by atoms with E-state index >= 15 is 0 Å². The highest BCUT2D eigenvalue weighted by Crippen LogP contribution is 2.22. The molecule has 4 nitrogen and oxygen atoms in total. The first-order valence-corrected chi connectivity index (χ1v) is 7.49. The number of aromatic nitrogens is 3. The molecule has 0 amide bonds. The van der Waals surface area contributed by atoms with E-state index in [1.807, 2.05) is 0 Å². The average molecular weight is 248 g/mol. The summed E-state index contributed by atoms with van der Waals surface area (Å²) in [5.74, 6) is 2.27. The normalized spacial score (nSPS) is 25.1. The van der Waals surface area contributed by atoms with Gasteiger partial charge in [-0.3, -0.25) is 0 Å². The van der Waals surface area contributed by atoms with Crippen LogP contribution in [0.3, 0.4) is 0 Å². The lowest BCUT2D eigenvalue weighted by molar-refractivity contribution is 0.230. The second kappa shape index (κ2) is 5.39. The number of nitrogens with zero attached hydrogens (tertiary/aromatic N) is 4. The highest BCUT2D eigenvalue weighted by atomic mass is 15.4. The molecule has 1 atom stereocenters. The van der Waals surface area contributed by atoms with Crippen LogP contribution in [0.15, 0.2) is 0 Å². The molecule has 4 heteroatoms. The van der Waals surface area contributed by atoms with Crippen LogP contribution < -0.4 is 0 Å². The average Bonchev–Trinajstić information content (AvgIpc) is 2.82. The molecule has 0 radical (unpaired) electrons. The monoisotopic (exact) mass is 248 g/mol. The molecule has 0 aliphatic carbocycles. The van der Waals surface area contributed by atoms with E-state index in [4.69, 9.17) is 10.1 Å². The largest absolute Gasteiger partial charge is 0.303 e. The van der Waals surface area contributed by atoms with Gasteiger partial charge in [-0.25, -0.2) is 9.67 Å². The molecule has 1 unspecified atom stereocenters. The van der Waals surface area contributed by atoms with E-state index in [0.29, 0.717) is 6.04 Å². The van der Waals surface area contributed by atoms with Crippen LogP contribution in [0.1, 0.15) is 56.7 Å². The minimum Gasteiger partial charge on any atom is -0.303 e. The first-order valence-electron chi connectivity index (χ1n) is 7.49. The maximum absolute atomic E-state index is 4.71. The van der Waals surface area contributed by atoms with Crippen LogP contribution in [0.25, 0.3) is 0 Å². The Balaban J connectivity index is 1.59. The fourth-order valence-electron chi connectivity index (χ4n) is 3.15. The third-order valence-corrected chi connectivity index (χ3v) is 4.29. The molecule has 100 valence electrons. The SMILES string of the molecule is CC1CCCc2nc(CCN3CCCCC3)nn21. The van der Waals surface area contributed by atoms with Crippen LogP contribution in [0.5, 0.6) is 0 Å². The molecule has 3 rings (SSSR count). The number of likely N-dealkylation sites (tertiary alicyclic amines) is 1. The standard InChI is InChI=1S/C14H24N4/c1-12-6-5-7-14-15-13(16-18(12)14)8-11-17-9-3-2-4-10-17/h12H,2-11H2,1H3. The van der Waals surface area contributed by atoms with Gasteiger partial charge in [-0.15, -0.1) is 0 Å². The maximum atomic E-state index is 4.71. The maximum Gasteiger partial charge on any atom is 0.152 e. The topological polar surface area (TPSA) is 34.0 Å². The lowest BCUT2D eigenvalue weighted by Crippen LogP contribution is -2.31. The van der Waals surface area contributed by atoms with Gasteiger partial charge in [-0.1, -0.05) is 6.42 Å². The van der Waals surface area contributed by atoms with Crippen LogP contribution >= 0.6 is 0 Å². The van der Waals surface area contributed by atoms with Gasteiger partial charge in [0.25, 0.3) is 0 Å². The number of hydrogen-bond donors (Lipinski definition) is 0. The molecule has 1 aromatic rings. The summed E-state index contributed by atoms with van der Waals surface area (Å²) in [6, 6.07) is 0.546. The lowest BCUT2D eigenvalue weighted by Gasteiger charge is -2.25. The van der Waals surface area contributed by atoms with Gasteiger partial charge in [-0.05, 0) is 45.7 Å². The number of piperidine rings is 1. The molecule has 0 aromatic carbocycles. The summed E-state index contributed by atoms with van der Waals surface area (Å²) in [6.07, 6.45) is 8.79. The van der Waals surface area contributed by atoms with Crippen LogP contribution in [-0.4, -0.2) is 39.3 Å².